The number of amides is 1. The number of carbonyl (C=O) groups excluding carboxylic acids is 1. The Hall–Kier alpha value is -1.79. The van der Waals surface area contributed by atoms with Gasteiger partial charge in [-0.3, -0.25) is 14.5 Å². The summed E-state index contributed by atoms with van der Waals surface area (Å²) in [6, 6.07) is 3.42. The number of carboxylic acids is 1. The number of methoxy groups -OCH3 is 1. The number of aliphatic carboxylic acids is 1. The fourth-order valence-corrected chi connectivity index (χ4v) is 2.88. The molecule has 1 aromatic rings. The summed E-state index contributed by atoms with van der Waals surface area (Å²) >= 11 is 6.05. The summed E-state index contributed by atoms with van der Waals surface area (Å²) in [5.41, 5.74) is 1.40. The fraction of sp³-hybridized carbons (Fsp3) is 0.500. The number of aryl methyl sites for hydroxylation is 1. The van der Waals surface area contributed by atoms with E-state index in [1.165, 1.54) is 7.11 Å². The van der Waals surface area contributed by atoms with Crippen molar-refractivity contribution in [2.24, 2.45) is 5.92 Å². The molecule has 0 aromatic heterocycles. The van der Waals surface area contributed by atoms with Crippen LogP contribution < -0.4 is 10.1 Å². The van der Waals surface area contributed by atoms with E-state index in [0.717, 1.165) is 18.5 Å². The van der Waals surface area contributed by atoms with Crippen LogP contribution in [-0.4, -0.2) is 48.6 Å². The maximum atomic E-state index is 12.2. The lowest BCUT2D eigenvalue weighted by Gasteiger charge is -2.30. The van der Waals surface area contributed by atoms with Crippen molar-refractivity contribution in [3.63, 3.8) is 0 Å². The zero-order chi connectivity index (χ0) is 17.0. The van der Waals surface area contributed by atoms with Crippen molar-refractivity contribution in [3.8, 4) is 5.75 Å². The van der Waals surface area contributed by atoms with Crippen molar-refractivity contribution in [1.82, 2.24) is 4.90 Å². The van der Waals surface area contributed by atoms with E-state index in [2.05, 4.69) is 5.32 Å². The molecule has 1 aliphatic heterocycles. The van der Waals surface area contributed by atoms with Gasteiger partial charge in [0.15, 0.2) is 0 Å². The third-order valence-electron chi connectivity index (χ3n) is 3.98. The second-order valence-electron chi connectivity index (χ2n) is 5.76. The molecule has 6 nitrogen and oxygen atoms in total. The largest absolute Gasteiger partial charge is 0.495 e. The molecule has 1 atom stereocenters. The highest BCUT2D eigenvalue weighted by Crippen LogP contribution is 2.31. The highest BCUT2D eigenvalue weighted by molar-refractivity contribution is 6.31. The number of halogens is 1. The van der Waals surface area contributed by atoms with Gasteiger partial charge in [0.05, 0.1) is 25.3 Å². The summed E-state index contributed by atoms with van der Waals surface area (Å²) in [5.74, 6) is -0.902. The maximum Gasteiger partial charge on any atom is 0.307 e. The number of carboxylic acid groups (broad SMARTS) is 1. The number of carbonyl (C=O) groups is 2. The first kappa shape index (κ1) is 17.6. The predicted molar refractivity (Wildman–Crippen MR) is 88.2 cm³/mol. The number of likely N-dealkylation sites (tertiary alicyclic amines) is 1. The number of benzene rings is 1. The van der Waals surface area contributed by atoms with Crippen molar-refractivity contribution in [3.05, 3.63) is 22.7 Å². The number of hydrogen-bond donors (Lipinski definition) is 2. The molecule has 23 heavy (non-hydrogen) atoms. The van der Waals surface area contributed by atoms with Gasteiger partial charge in [-0.1, -0.05) is 11.6 Å². The molecular formula is C16H21ClN2O4. The Morgan fingerprint density at radius 1 is 1.48 bits per heavy atom. The third kappa shape index (κ3) is 4.59. The fourth-order valence-electron chi connectivity index (χ4n) is 2.72. The molecule has 1 saturated heterocycles. The first-order valence-corrected chi connectivity index (χ1v) is 7.87. The first-order valence-electron chi connectivity index (χ1n) is 7.50. The Labute approximate surface area is 140 Å². The van der Waals surface area contributed by atoms with Crippen LogP contribution >= 0.6 is 11.6 Å². The van der Waals surface area contributed by atoms with Gasteiger partial charge in [-0.25, -0.2) is 0 Å². The molecule has 0 bridgehead atoms. The summed E-state index contributed by atoms with van der Waals surface area (Å²) in [6.45, 7) is 3.14. The molecule has 0 aliphatic carbocycles. The van der Waals surface area contributed by atoms with Gasteiger partial charge in [-0.15, -0.1) is 0 Å². The van der Waals surface area contributed by atoms with Gasteiger partial charge in [0.1, 0.15) is 5.75 Å². The number of ether oxygens (including phenoxy) is 1. The molecule has 1 aromatic carbocycles. The van der Waals surface area contributed by atoms with E-state index in [4.69, 9.17) is 21.4 Å². The summed E-state index contributed by atoms with van der Waals surface area (Å²) < 4.78 is 5.23. The van der Waals surface area contributed by atoms with E-state index in [1.807, 2.05) is 11.8 Å². The Morgan fingerprint density at radius 2 is 2.22 bits per heavy atom. The van der Waals surface area contributed by atoms with Crippen molar-refractivity contribution in [2.75, 3.05) is 32.1 Å². The first-order chi connectivity index (χ1) is 10.9. The number of rotatable bonds is 5. The van der Waals surface area contributed by atoms with Crippen molar-refractivity contribution < 1.29 is 19.4 Å². The van der Waals surface area contributed by atoms with E-state index in [0.29, 0.717) is 29.4 Å². The highest BCUT2D eigenvalue weighted by atomic mass is 35.5. The van der Waals surface area contributed by atoms with Crippen LogP contribution in [0.5, 0.6) is 5.75 Å². The predicted octanol–water partition coefficient (Wildman–Crippen LogP) is 2.39. The van der Waals surface area contributed by atoms with Crippen LogP contribution in [0, 0.1) is 12.8 Å². The smallest absolute Gasteiger partial charge is 0.307 e. The van der Waals surface area contributed by atoms with Crippen LogP contribution in [0.3, 0.4) is 0 Å². The second kappa shape index (κ2) is 7.66. The zero-order valence-corrected chi connectivity index (χ0v) is 14.0. The Balaban J connectivity index is 2.00. The van der Waals surface area contributed by atoms with E-state index >= 15 is 0 Å². The molecular weight excluding hydrogens is 320 g/mol. The van der Waals surface area contributed by atoms with Gasteiger partial charge in [0, 0.05) is 17.6 Å². The molecule has 1 heterocycles. The number of anilines is 1. The lowest BCUT2D eigenvalue weighted by molar-refractivity contribution is -0.144. The van der Waals surface area contributed by atoms with E-state index in [1.54, 1.807) is 12.1 Å². The minimum absolute atomic E-state index is 0.161. The van der Waals surface area contributed by atoms with Crippen molar-refractivity contribution in [1.29, 1.82) is 0 Å². The molecule has 1 fully saturated rings. The molecule has 7 heteroatoms. The molecule has 1 unspecified atom stereocenters. The molecule has 2 rings (SSSR count). The van der Waals surface area contributed by atoms with Crippen LogP contribution in [0.25, 0.3) is 0 Å². The Morgan fingerprint density at radius 3 is 2.87 bits per heavy atom. The molecule has 1 amide bonds. The number of nitrogens with one attached hydrogen (secondary N) is 1. The molecule has 126 valence electrons. The van der Waals surface area contributed by atoms with Gasteiger partial charge < -0.3 is 15.2 Å². The molecule has 0 radical (unpaired) electrons. The standard InChI is InChI=1S/C16H21ClN2O4/c1-10-6-13(14(23-2)7-12(10)17)18-15(20)9-19-5-3-4-11(8-19)16(21)22/h6-7,11H,3-5,8-9H2,1-2H3,(H,18,20)(H,21,22). The Kier molecular flexibility index (Phi) is 5.85. The van der Waals surface area contributed by atoms with E-state index in [-0.39, 0.29) is 12.5 Å². The lowest BCUT2D eigenvalue weighted by Crippen LogP contribution is -2.42. The third-order valence-corrected chi connectivity index (χ3v) is 4.38. The van der Waals surface area contributed by atoms with Crippen molar-refractivity contribution in [2.45, 2.75) is 19.8 Å². The van der Waals surface area contributed by atoms with Gasteiger partial charge in [0.25, 0.3) is 0 Å². The van der Waals surface area contributed by atoms with Gasteiger partial charge in [0.2, 0.25) is 5.91 Å². The van der Waals surface area contributed by atoms with Gasteiger partial charge in [-0.2, -0.15) is 0 Å². The van der Waals surface area contributed by atoms with Crippen LogP contribution in [-0.2, 0) is 9.59 Å². The SMILES string of the molecule is COc1cc(Cl)c(C)cc1NC(=O)CN1CCCC(C(=O)O)C1. The average Bonchev–Trinajstić information content (AvgIpc) is 2.50. The highest BCUT2D eigenvalue weighted by Gasteiger charge is 2.26. The maximum absolute atomic E-state index is 12.2. The van der Waals surface area contributed by atoms with Crippen LogP contribution in [0.2, 0.25) is 5.02 Å². The topological polar surface area (TPSA) is 78.9 Å². The van der Waals surface area contributed by atoms with Crippen LogP contribution in [0.15, 0.2) is 12.1 Å². The summed E-state index contributed by atoms with van der Waals surface area (Å²) in [7, 11) is 1.51. The molecule has 1 aliphatic rings. The normalized spacial score (nSPS) is 18.5. The molecule has 2 N–H and O–H groups in total. The number of piperidine rings is 1. The van der Waals surface area contributed by atoms with E-state index < -0.39 is 11.9 Å². The molecule has 0 spiro atoms. The van der Waals surface area contributed by atoms with Crippen LogP contribution in [0.1, 0.15) is 18.4 Å². The van der Waals surface area contributed by atoms with Gasteiger partial charge in [-0.05, 0) is 37.9 Å². The minimum atomic E-state index is -0.801. The zero-order valence-electron chi connectivity index (χ0n) is 13.3. The summed E-state index contributed by atoms with van der Waals surface area (Å²) in [6.07, 6.45) is 1.45. The number of nitrogens with zero attached hydrogens (tertiary/aromatic N) is 1. The number of hydrogen-bond acceptors (Lipinski definition) is 4. The van der Waals surface area contributed by atoms with Gasteiger partial charge >= 0.3 is 5.97 Å². The second-order valence-corrected chi connectivity index (χ2v) is 6.17. The van der Waals surface area contributed by atoms with Crippen molar-refractivity contribution >= 4 is 29.2 Å². The van der Waals surface area contributed by atoms with E-state index in [9.17, 15) is 9.59 Å². The lowest BCUT2D eigenvalue weighted by atomic mass is 9.98. The average molecular weight is 341 g/mol. The minimum Gasteiger partial charge on any atom is -0.495 e. The summed E-state index contributed by atoms with van der Waals surface area (Å²) in [5, 5.41) is 12.5. The molecule has 0 saturated carbocycles. The summed E-state index contributed by atoms with van der Waals surface area (Å²) in [4.78, 5) is 25.2. The van der Waals surface area contributed by atoms with Crippen LogP contribution in [0.4, 0.5) is 5.69 Å². The Bertz CT molecular complexity index is 606. The quantitative estimate of drug-likeness (QED) is 0.860. The monoisotopic (exact) mass is 340 g/mol.